The number of hydrogen-bond acceptors (Lipinski definition) is 3. The van der Waals surface area contributed by atoms with Gasteiger partial charge in [-0.15, -0.1) is 11.3 Å². The van der Waals surface area contributed by atoms with Crippen LogP contribution in [0.4, 0.5) is 0 Å². The van der Waals surface area contributed by atoms with E-state index in [0.717, 1.165) is 17.0 Å². The minimum Gasteiger partial charge on any atom is -0.316 e. The number of aromatic nitrogens is 1. The van der Waals surface area contributed by atoms with Gasteiger partial charge in [-0.2, -0.15) is 0 Å². The highest BCUT2D eigenvalue weighted by Crippen LogP contribution is 2.25. The van der Waals surface area contributed by atoms with Crippen molar-refractivity contribution in [2.24, 2.45) is 0 Å². The molecular formula is C7H9BrN2S. The van der Waals surface area contributed by atoms with Gasteiger partial charge < -0.3 is 5.32 Å². The predicted molar refractivity (Wildman–Crippen MR) is 50.0 cm³/mol. The molecule has 1 aliphatic rings. The number of thiazole rings is 1. The van der Waals surface area contributed by atoms with Gasteiger partial charge in [0.05, 0.1) is 5.69 Å². The Bertz CT molecular complexity index is 242. The van der Waals surface area contributed by atoms with E-state index in [1.165, 1.54) is 12.1 Å². The Morgan fingerprint density at radius 1 is 1.73 bits per heavy atom. The summed E-state index contributed by atoms with van der Waals surface area (Å²) in [5, 5.41) is 5.47. The average Bonchev–Trinajstić information content (AvgIpc) is 2.55. The van der Waals surface area contributed by atoms with E-state index >= 15 is 0 Å². The molecule has 0 spiro atoms. The van der Waals surface area contributed by atoms with Crippen LogP contribution in [0.2, 0.25) is 0 Å². The van der Waals surface area contributed by atoms with Crippen molar-refractivity contribution in [3.8, 4) is 0 Å². The lowest BCUT2D eigenvalue weighted by Crippen LogP contribution is -2.07. The van der Waals surface area contributed by atoms with Gasteiger partial charge in [-0.25, -0.2) is 4.98 Å². The van der Waals surface area contributed by atoms with Crippen LogP contribution >= 0.6 is 27.3 Å². The van der Waals surface area contributed by atoms with Crippen LogP contribution in [0, 0.1) is 0 Å². The molecule has 0 aliphatic carbocycles. The first-order chi connectivity index (χ1) is 5.36. The second-order valence-electron chi connectivity index (χ2n) is 2.72. The summed E-state index contributed by atoms with van der Waals surface area (Å²) in [6, 6.07) is 0. The number of hydrogen-bond donors (Lipinski definition) is 1. The molecule has 2 heterocycles. The van der Waals surface area contributed by atoms with E-state index in [1.807, 2.05) is 0 Å². The largest absolute Gasteiger partial charge is 0.316 e. The van der Waals surface area contributed by atoms with Gasteiger partial charge in [0, 0.05) is 17.8 Å². The summed E-state index contributed by atoms with van der Waals surface area (Å²) in [7, 11) is 0. The molecule has 0 amide bonds. The SMILES string of the molecule is Brc1nc(C2CCNC2)cs1. The smallest absolute Gasteiger partial charge is 0.159 e. The van der Waals surface area contributed by atoms with Crippen molar-refractivity contribution in [2.75, 3.05) is 13.1 Å². The minimum atomic E-state index is 0.651. The van der Waals surface area contributed by atoms with Gasteiger partial charge in [0.15, 0.2) is 3.92 Å². The molecule has 0 bridgehead atoms. The van der Waals surface area contributed by atoms with Gasteiger partial charge in [-0.3, -0.25) is 0 Å². The van der Waals surface area contributed by atoms with Crippen molar-refractivity contribution in [1.82, 2.24) is 10.3 Å². The molecule has 1 atom stereocenters. The summed E-state index contributed by atoms with van der Waals surface area (Å²) in [5.41, 5.74) is 1.24. The van der Waals surface area contributed by atoms with Gasteiger partial charge in [-0.05, 0) is 28.9 Å². The van der Waals surface area contributed by atoms with E-state index in [4.69, 9.17) is 0 Å². The van der Waals surface area contributed by atoms with Crippen LogP contribution in [-0.2, 0) is 0 Å². The zero-order valence-corrected chi connectivity index (χ0v) is 8.41. The Morgan fingerprint density at radius 2 is 2.64 bits per heavy atom. The zero-order valence-electron chi connectivity index (χ0n) is 6.01. The van der Waals surface area contributed by atoms with E-state index in [-0.39, 0.29) is 0 Å². The first-order valence-corrected chi connectivity index (χ1v) is 5.35. The lowest BCUT2D eigenvalue weighted by molar-refractivity contribution is 0.740. The Morgan fingerprint density at radius 3 is 3.18 bits per heavy atom. The lowest BCUT2D eigenvalue weighted by Gasteiger charge is -2.01. The highest BCUT2D eigenvalue weighted by Gasteiger charge is 2.18. The average molecular weight is 233 g/mol. The zero-order chi connectivity index (χ0) is 7.68. The molecule has 2 rings (SSSR count). The molecule has 1 aliphatic heterocycles. The van der Waals surface area contributed by atoms with Gasteiger partial charge >= 0.3 is 0 Å². The molecule has 0 aromatic carbocycles. The van der Waals surface area contributed by atoms with Crippen molar-refractivity contribution in [3.63, 3.8) is 0 Å². The van der Waals surface area contributed by atoms with Crippen LogP contribution < -0.4 is 5.32 Å². The van der Waals surface area contributed by atoms with Gasteiger partial charge in [0.2, 0.25) is 0 Å². The normalized spacial score (nSPS) is 24.3. The van der Waals surface area contributed by atoms with E-state index in [0.29, 0.717) is 5.92 Å². The fraction of sp³-hybridized carbons (Fsp3) is 0.571. The van der Waals surface area contributed by atoms with Crippen molar-refractivity contribution in [3.05, 3.63) is 15.0 Å². The highest BCUT2D eigenvalue weighted by atomic mass is 79.9. The van der Waals surface area contributed by atoms with Crippen LogP contribution in [0.1, 0.15) is 18.0 Å². The fourth-order valence-corrected chi connectivity index (χ4v) is 2.46. The molecular weight excluding hydrogens is 224 g/mol. The Kier molecular flexibility index (Phi) is 2.25. The summed E-state index contributed by atoms with van der Waals surface area (Å²) < 4.78 is 0.999. The molecule has 1 N–H and O–H groups in total. The summed E-state index contributed by atoms with van der Waals surface area (Å²) >= 11 is 5.04. The maximum atomic E-state index is 4.39. The quantitative estimate of drug-likeness (QED) is 0.802. The molecule has 4 heteroatoms. The Hall–Kier alpha value is 0.0700. The fourth-order valence-electron chi connectivity index (χ4n) is 1.36. The number of nitrogens with one attached hydrogen (secondary N) is 1. The van der Waals surface area contributed by atoms with Crippen molar-refractivity contribution < 1.29 is 0 Å². The maximum absolute atomic E-state index is 4.39. The van der Waals surface area contributed by atoms with Crippen molar-refractivity contribution >= 4 is 27.3 Å². The lowest BCUT2D eigenvalue weighted by atomic mass is 10.1. The van der Waals surface area contributed by atoms with Gasteiger partial charge in [0.25, 0.3) is 0 Å². The van der Waals surface area contributed by atoms with Crippen LogP contribution in [0.5, 0.6) is 0 Å². The monoisotopic (exact) mass is 232 g/mol. The summed E-state index contributed by atoms with van der Waals surface area (Å²) in [6.07, 6.45) is 1.23. The molecule has 0 saturated carbocycles. The molecule has 0 radical (unpaired) electrons. The van der Waals surface area contributed by atoms with Gasteiger partial charge in [-0.1, -0.05) is 0 Å². The molecule has 60 valence electrons. The van der Waals surface area contributed by atoms with E-state index in [2.05, 4.69) is 31.6 Å². The van der Waals surface area contributed by atoms with Crippen molar-refractivity contribution in [1.29, 1.82) is 0 Å². The molecule has 1 unspecified atom stereocenters. The van der Waals surface area contributed by atoms with E-state index in [1.54, 1.807) is 11.3 Å². The van der Waals surface area contributed by atoms with Crippen LogP contribution in [0.15, 0.2) is 9.30 Å². The van der Waals surface area contributed by atoms with Crippen LogP contribution in [0.25, 0.3) is 0 Å². The Balaban J connectivity index is 2.15. The minimum absolute atomic E-state index is 0.651. The molecule has 1 aromatic rings. The van der Waals surface area contributed by atoms with E-state index < -0.39 is 0 Å². The molecule has 1 saturated heterocycles. The summed E-state index contributed by atoms with van der Waals surface area (Å²) in [4.78, 5) is 4.39. The number of halogens is 1. The number of nitrogens with zero attached hydrogens (tertiary/aromatic N) is 1. The third-order valence-corrected chi connectivity index (χ3v) is 3.36. The summed E-state index contributed by atoms with van der Waals surface area (Å²) in [5.74, 6) is 0.651. The standard InChI is InChI=1S/C7H9BrN2S/c8-7-10-6(4-11-7)5-1-2-9-3-5/h4-5,9H,1-3H2. The second-order valence-corrected chi connectivity index (χ2v) is 4.85. The maximum Gasteiger partial charge on any atom is 0.159 e. The van der Waals surface area contributed by atoms with E-state index in [9.17, 15) is 0 Å². The first-order valence-electron chi connectivity index (χ1n) is 3.68. The molecule has 1 aromatic heterocycles. The van der Waals surface area contributed by atoms with Gasteiger partial charge in [0.1, 0.15) is 0 Å². The first kappa shape index (κ1) is 7.71. The molecule has 11 heavy (non-hydrogen) atoms. The molecule has 1 fully saturated rings. The van der Waals surface area contributed by atoms with Crippen molar-refractivity contribution in [2.45, 2.75) is 12.3 Å². The van der Waals surface area contributed by atoms with Crippen LogP contribution in [0.3, 0.4) is 0 Å². The summed E-state index contributed by atoms with van der Waals surface area (Å²) in [6.45, 7) is 2.23. The highest BCUT2D eigenvalue weighted by molar-refractivity contribution is 9.11. The molecule has 2 nitrogen and oxygen atoms in total. The number of rotatable bonds is 1. The third kappa shape index (κ3) is 1.63. The van der Waals surface area contributed by atoms with Crippen LogP contribution in [-0.4, -0.2) is 18.1 Å². The topological polar surface area (TPSA) is 24.9 Å². The second kappa shape index (κ2) is 3.21. The predicted octanol–water partition coefficient (Wildman–Crippen LogP) is 1.98. The third-order valence-electron chi connectivity index (χ3n) is 1.97. The Labute approximate surface area is 78.2 Å².